The summed E-state index contributed by atoms with van der Waals surface area (Å²) in [6.07, 6.45) is 1.07. The Labute approximate surface area is 121 Å². The van der Waals surface area contributed by atoms with Crippen molar-refractivity contribution in [2.24, 2.45) is 11.3 Å². The summed E-state index contributed by atoms with van der Waals surface area (Å²) in [7, 11) is -1.72. The maximum Gasteiger partial charge on any atom is 0.244 e. The van der Waals surface area contributed by atoms with Gasteiger partial charge in [0.15, 0.2) is 0 Å². The minimum Gasteiger partial charge on any atom is -0.465 e. The third-order valence-electron chi connectivity index (χ3n) is 4.18. The minimum atomic E-state index is -3.51. The van der Waals surface area contributed by atoms with Gasteiger partial charge in [-0.15, -0.1) is 0 Å². The molecule has 1 aromatic rings. The van der Waals surface area contributed by atoms with Crippen LogP contribution in [0.2, 0.25) is 0 Å². The van der Waals surface area contributed by atoms with Crippen LogP contribution in [-0.2, 0) is 16.6 Å². The standard InChI is InChI=1S/C14H24N2O3S/c1-9-12(8-15-5)13(10(2)19-9)20(17,18)16-7-11-6-14(11,3)4/h11,15-16H,6-8H2,1-5H3. The molecule has 1 atom stereocenters. The molecule has 5 nitrogen and oxygen atoms in total. The van der Waals surface area contributed by atoms with Crippen molar-refractivity contribution >= 4 is 10.0 Å². The second kappa shape index (κ2) is 5.16. The van der Waals surface area contributed by atoms with Gasteiger partial charge >= 0.3 is 0 Å². The third-order valence-corrected chi connectivity index (χ3v) is 5.80. The third kappa shape index (κ3) is 2.92. The lowest BCUT2D eigenvalue weighted by Crippen LogP contribution is -2.28. The van der Waals surface area contributed by atoms with Crippen molar-refractivity contribution in [3.63, 3.8) is 0 Å². The second-order valence-electron chi connectivity index (χ2n) is 6.29. The molecule has 1 unspecified atom stereocenters. The zero-order valence-corrected chi connectivity index (χ0v) is 13.6. The first-order valence-electron chi connectivity index (χ1n) is 6.92. The molecule has 1 aromatic heterocycles. The molecule has 1 aliphatic rings. The normalized spacial score (nSPS) is 21.1. The Bertz CT molecular complexity index is 602. The molecule has 0 aliphatic heterocycles. The molecule has 0 amide bonds. The summed E-state index contributed by atoms with van der Waals surface area (Å²) in [6.45, 7) is 8.79. The van der Waals surface area contributed by atoms with E-state index in [0.29, 0.717) is 41.0 Å². The summed E-state index contributed by atoms with van der Waals surface area (Å²) in [4.78, 5) is 0.294. The largest absolute Gasteiger partial charge is 0.465 e. The predicted octanol–water partition coefficient (Wildman–Crippen LogP) is 1.94. The Kier molecular flexibility index (Phi) is 4.01. The van der Waals surface area contributed by atoms with E-state index in [-0.39, 0.29) is 5.41 Å². The summed E-state index contributed by atoms with van der Waals surface area (Å²) >= 11 is 0. The van der Waals surface area contributed by atoms with Gasteiger partial charge < -0.3 is 9.73 Å². The van der Waals surface area contributed by atoms with Crippen LogP contribution in [0.25, 0.3) is 0 Å². The zero-order chi connectivity index (χ0) is 15.1. The second-order valence-corrected chi connectivity index (χ2v) is 8.00. The van der Waals surface area contributed by atoms with Crippen LogP contribution in [0.4, 0.5) is 0 Å². The van der Waals surface area contributed by atoms with Crippen LogP contribution in [0.5, 0.6) is 0 Å². The van der Waals surface area contributed by atoms with Crippen LogP contribution in [0.3, 0.4) is 0 Å². The number of furan rings is 1. The summed E-state index contributed by atoms with van der Waals surface area (Å²) < 4.78 is 33.2. The zero-order valence-electron chi connectivity index (χ0n) is 12.8. The smallest absolute Gasteiger partial charge is 0.244 e. The molecule has 20 heavy (non-hydrogen) atoms. The highest BCUT2D eigenvalue weighted by Gasteiger charge is 2.45. The Balaban J connectivity index is 2.21. The Morgan fingerprint density at radius 2 is 1.90 bits per heavy atom. The molecule has 1 heterocycles. The number of rotatable bonds is 6. The van der Waals surface area contributed by atoms with Crippen LogP contribution in [0.15, 0.2) is 9.31 Å². The number of aryl methyl sites for hydroxylation is 2. The van der Waals surface area contributed by atoms with E-state index in [1.54, 1.807) is 20.9 Å². The molecule has 1 aliphatic carbocycles. The maximum absolute atomic E-state index is 12.5. The van der Waals surface area contributed by atoms with Crippen molar-refractivity contribution in [1.29, 1.82) is 0 Å². The van der Waals surface area contributed by atoms with Crippen LogP contribution >= 0.6 is 0 Å². The molecule has 2 rings (SSSR count). The van der Waals surface area contributed by atoms with E-state index in [1.165, 1.54) is 0 Å². The molecule has 6 heteroatoms. The van der Waals surface area contributed by atoms with Gasteiger partial charge in [-0.3, -0.25) is 0 Å². The molecule has 0 saturated heterocycles. The summed E-state index contributed by atoms with van der Waals surface area (Å²) in [5, 5.41) is 2.99. The molecular weight excluding hydrogens is 276 g/mol. The maximum atomic E-state index is 12.5. The molecule has 1 fully saturated rings. The fourth-order valence-electron chi connectivity index (χ4n) is 2.65. The van der Waals surface area contributed by atoms with Crippen molar-refractivity contribution < 1.29 is 12.8 Å². The topological polar surface area (TPSA) is 71.3 Å². The first kappa shape index (κ1) is 15.5. The lowest BCUT2D eigenvalue weighted by atomic mass is 10.1. The molecule has 0 radical (unpaired) electrons. The fourth-order valence-corrected chi connectivity index (χ4v) is 4.18. The van der Waals surface area contributed by atoms with Gasteiger partial charge in [-0.1, -0.05) is 13.8 Å². The van der Waals surface area contributed by atoms with Gasteiger partial charge in [0.25, 0.3) is 0 Å². The van der Waals surface area contributed by atoms with E-state index in [9.17, 15) is 8.42 Å². The van der Waals surface area contributed by atoms with Crippen molar-refractivity contribution in [1.82, 2.24) is 10.0 Å². The van der Waals surface area contributed by atoms with E-state index < -0.39 is 10.0 Å². The van der Waals surface area contributed by atoms with Crippen molar-refractivity contribution in [2.45, 2.75) is 45.6 Å². The fraction of sp³-hybridized carbons (Fsp3) is 0.714. The van der Waals surface area contributed by atoms with Crippen molar-refractivity contribution in [3.05, 3.63) is 17.1 Å². The van der Waals surface area contributed by atoms with Crippen LogP contribution in [-0.4, -0.2) is 22.0 Å². The lowest BCUT2D eigenvalue weighted by molar-refractivity contribution is 0.492. The lowest BCUT2D eigenvalue weighted by Gasteiger charge is -2.09. The van der Waals surface area contributed by atoms with E-state index in [0.717, 1.165) is 6.42 Å². The molecular formula is C14H24N2O3S. The SMILES string of the molecule is CNCc1c(C)oc(C)c1S(=O)(=O)NCC1CC1(C)C. The molecule has 0 spiro atoms. The van der Waals surface area contributed by atoms with Gasteiger partial charge in [0.1, 0.15) is 16.4 Å². The summed E-state index contributed by atoms with van der Waals surface area (Å²) in [6, 6.07) is 0. The van der Waals surface area contributed by atoms with Gasteiger partial charge in [-0.2, -0.15) is 0 Å². The number of hydrogen-bond donors (Lipinski definition) is 2. The van der Waals surface area contributed by atoms with Gasteiger partial charge in [-0.25, -0.2) is 13.1 Å². The first-order valence-corrected chi connectivity index (χ1v) is 8.40. The quantitative estimate of drug-likeness (QED) is 0.842. The van der Waals surface area contributed by atoms with Gasteiger partial charge in [0.05, 0.1) is 0 Å². The number of hydrogen-bond acceptors (Lipinski definition) is 4. The molecule has 0 bridgehead atoms. The van der Waals surface area contributed by atoms with Crippen LogP contribution < -0.4 is 10.0 Å². The summed E-state index contributed by atoms with van der Waals surface area (Å²) in [5.41, 5.74) is 0.977. The van der Waals surface area contributed by atoms with Crippen molar-refractivity contribution in [2.75, 3.05) is 13.6 Å². The average Bonchev–Trinajstić information content (AvgIpc) is 2.82. The summed E-state index contributed by atoms with van der Waals surface area (Å²) in [5.74, 6) is 1.54. The molecule has 114 valence electrons. The first-order chi connectivity index (χ1) is 9.19. The highest BCUT2D eigenvalue weighted by molar-refractivity contribution is 7.89. The predicted molar refractivity (Wildman–Crippen MR) is 78.0 cm³/mol. The van der Waals surface area contributed by atoms with E-state index in [1.807, 2.05) is 0 Å². The monoisotopic (exact) mass is 300 g/mol. The number of sulfonamides is 1. The number of nitrogens with one attached hydrogen (secondary N) is 2. The Morgan fingerprint density at radius 1 is 1.30 bits per heavy atom. The molecule has 2 N–H and O–H groups in total. The van der Waals surface area contributed by atoms with E-state index >= 15 is 0 Å². The Morgan fingerprint density at radius 3 is 2.40 bits per heavy atom. The average molecular weight is 300 g/mol. The molecule has 1 saturated carbocycles. The van der Waals surface area contributed by atoms with Crippen molar-refractivity contribution in [3.8, 4) is 0 Å². The molecule has 0 aromatic carbocycles. The Hall–Kier alpha value is -0.850. The van der Waals surface area contributed by atoms with Crippen LogP contribution in [0.1, 0.15) is 37.4 Å². The van der Waals surface area contributed by atoms with E-state index in [2.05, 4.69) is 23.9 Å². The minimum absolute atomic E-state index is 0.262. The van der Waals surface area contributed by atoms with Gasteiger partial charge in [0.2, 0.25) is 10.0 Å². The van der Waals surface area contributed by atoms with Crippen LogP contribution in [0, 0.1) is 25.2 Å². The highest BCUT2D eigenvalue weighted by atomic mass is 32.2. The highest BCUT2D eigenvalue weighted by Crippen LogP contribution is 2.51. The van der Waals surface area contributed by atoms with Gasteiger partial charge in [-0.05, 0) is 38.6 Å². The van der Waals surface area contributed by atoms with E-state index in [4.69, 9.17) is 4.42 Å². The van der Waals surface area contributed by atoms with Gasteiger partial charge in [0, 0.05) is 18.7 Å².